The van der Waals surface area contributed by atoms with Crippen LogP contribution < -0.4 is 20.3 Å². The summed E-state index contributed by atoms with van der Waals surface area (Å²) in [5.74, 6) is 0.114. The first-order valence-electron chi connectivity index (χ1n) is 7.39. The largest absolute Gasteiger partial charge is 0.435 e. The Morgan fingerprint density at radius 3 is 2.50 bits per heavy atom. The second kappa shape index (κ2) is 8.91. The minimum Gasteiger partial charge on any atom is -0.435 e. The van der Waals surface area contributed by atoms with Crippen molar-refractivity contribution >= 4 is 34.4 Å². The number of alkyl halides is 2. The van der Waals surface area contributed by atoms with Crippen molar-refractivity contribution in [3.63, 3.8) is 0 Å². The molecule has 4 nitrogen and oxygen atoms in total. The molecule has 0 saturated carbocycles. The molecule has 8 heteroatoms. The summed E-state index contributed by atoms with van der Waals surface area (Å²) in [4.78, 5) is 2.60. The molecule has 0 bridgehead atoms. The van der Waals surface area contributed by atoms with Gasteiger partial charge < -0.3 is 20.3 Å². The van der Waals surface area contributed by atoms with E-state index in [9.17, 15) is 8.78 Å². The van der Waals surface area contributed by atoms with Crippen LogP contribution in [0.25, 0.3) is 0 Å². The molecule has 0 fully saturated rings. The molecule has 1 atom stereocenters. The fraction of sp³-hybridized carbons (Fsp3) is 0.312. The second-order valence-electron chi connectivity index (χ2n) is 5.38. The summed E-state index contributed by atoms with van der Waals surface area (Å²) in [6.45, 7) is -2.13. The van der Waals surface area contributed by atoms with Gasteiger partial charge in [-0.15, -0.1) is 11.3 Å². The lowest BCUT2D eigenvalue weighted by Gasteiger charge is -2.21. The Balaban J connectivity index is 1.86. The Hall–Kier alpha value is -1.77. The van der Waals surface area contributed by atoms with Gasteiger partial charge in [0.25, 0.3) is 0 Å². The van der Waals surface area contributed by atoms with E-state index in [-0.39, 0.29) is 5.75 Å². The lowest BCUT2D eigenvalue weighted by Crippen LogP contribution is -3.06. The molecular weight excluding hydrogens is 352 g/mol. The summed E-state index contributed by atoms with van der Waals surface area (Å²) in [6, 6.07) is 10.7. The predicted molar refractivity (Wildman–Crippen MR) is 97.2 cm³/mol. The number of hydrogen-bond donors (Lipinski definition) is 3. The lowest BCUT2D eigenvalue weighted by molar-refractivity contribution is -0.890. The third kappa shape index (κ3) is 5.70. The number of benzene rings is 1. The topological polar surface area (TPSA) is 37.7 Å². The van der Waals surface area contributed by atoms with Crippen molar-refractivity contribution in [1.29, 1.82) is 0 Å². The molecule has 0 unspecified atom stereocenters. The lowest BCUT2D eigenvalue weighted by atomic mass is 10.2. The number of halogens is 2. The fourth-order valence-electron chi connectivity index (χ4n) is 2.17. The van der Waals surface area contributed by atoms with Gasteiger partial charge >= 0.3 is 6.61 Å². The van der Waals surface area contributed by atoms with E-state index in [1.807, 2.05) is 6.07 Å². The van der Waals surface area contributed by atoms with Crippen molar-refractivity contribution in [1.82, 2.24) is 5.32 Å². The molecule has 2 rings (SSSR count). The van der Waals surface area contributed by atoms with Gasteiger partial charge in [0.05, 0.1) is 25.5 Å². The number of quaternary nitrogens is 1. The third-order valence-electron chi connectivity index (χ3n) is 3.39. The van der Waals surface area contributed by atoms with Gasteiger partial charge in [-0.05, 0) is 47.9 Å². The Morgan fingerprint density at radius 2 is 1.96 bits per heavy atom. The van der Waals surface area contributed by atoms with E-state index < -0.39 is 6.61 Å². The smallest absolute Gasteiger partial charge is 0.387 e. The molecule has 0 spiro atoms. The van der Waals surface area contributed by atoms with Crippen molar-refractivity contribution in [2.75, 3.05) is 26.0 Å². The van der Waals surface area contributed by atoms with Crippen LogP contribution in [0, 0.1) is 0 Å². The Morgan fingerprint density at radius 1 is 1.25 bits per heavy atom. The number of nitrogens with one attached hydrogen (secondary N) is 3. The maximum atomic E-state index is 12.1. The molecule has 0 radical (unpaired) electrons. The SMILES string of the molecule is C[NH+](C)[C@@H](CNC(=S)Nc1ccc(OC(F)F)cc1)c1cccs1. The Labute approximate surface area is 149 Å². The number of likely N-dealkylation sites (N-methyl/N-ethyl adjacent to an activating group) is 1. The summed E-state index contributed by atoms with van der Waals surface area (Å²) >= 11 is 7.02. The number of rotatable bonds is 7. The summed E-state index contributed by atoms with van der Waals surface area (Å²) in [5, 5.41) is 8.78. The van der Waals surface area contributed by atoms with E-state index in [1.54, 1.807) is 23.5 Å². The first-order chi connectivity index (χ1) is 11.5. The molecule has 3 N–H and O–H groups in total. The van der Waals surface area contributed by atoms with E-state index in [0.29, 0.717) is 23.4 Å². The number of ether oxygens (including phenoxy) is 1. The van der Waals surface area contributed by atoms with Gasteiger partial charge in [-0.3, -0.25) is 0 Å². The standard InChI is InChI=1S/C16H19F2N3OS2/c1-21(2)13(14-4-3-9-24-14)10-19-16(23)20-11-5-7-12(8-6-11)22-15(17)18/h3-9,13,15H,10H2,1-2H3,(H2,19,20,23)/p+1/t13-/m0/s1. The summed E-state index contributed by atoms with van der Waals surface area (Å²) in [5.41, 5.74) is 0.707. The van der Waals surface area contributed by atoms with E-state index >= 15 is 0 Å². The number of thiophene rings is 1. The van der Waals surface area contributed by atoms with Gasteiger partial charge in [0.1, 0.15) is 11.8 Å². The monoisotopic (exact) mass is 372 g/mol. The van der Waals surface area contributed by atoms with Gasteiger partial charge in [-0.2, -0.15) is 8.78 Å². The van der Waals surface area contributed by atoms with Gasteiger partial charge in [0, 0.05) is 5.69 Å². The third-order valence-corrected chi connectivity index (χ3v) is 4.62. The van der Waals surface area contributed by atoms with Gasteiger partial charge in [0.2, 0.25) is 0 Å². The van der Waals surface area contributed by atoms with E-state index in [4.69, 9.17) is 12.2 Å². The van der Waals surface area contributed by atoms with E-state index in [1.165, 1.54) is 21.9 Å². The zero-order valence-corrected chi connectivity index (χ0v) is 15.0. The van der Waals surface area contributed by atoms with Crippen LogP contribution >= 0.6 is 23.6 Å². The average molecular weight is 372 g/mol. The molecule has 0 aliphatic carbocycles. The first kappa shape index (κ1) is 18.6. The molecule has 0 aliphatic heterocycles. The summed E-state index contributed by atoms with van der Waals surface area (Å²) in [6.07, 6.45) is 0. The van der Waals surface area contributed by atoms with Crippen LogP contribution in [0.4, 0.5) is 14.5 Å². The van der Waals surface area contributed by atoms with Crippen LogP contribution in [0.15, 0.2) is 41.8 Å². The highest BCUT2D eigenvalue weighted by atomic mass is 32.1. The minimum absolute atomic E-state index is 0.114. The van der Waals surface area contributed by atoms with E-state index in [0.717, 1.165) is 0 Å². The number of hydrogen-bond acceptors (Lipinski definition) is 3. The van der Waals surface area contributed by atoms with Crippen LogP contribution in [0.2, 0.25) is 0 Å². The van der Waals surface area contributed by atoms with Crippen LogP contribution in [-0.2, 0) is 0 Å². The highest BCUT2D eigenvalue weighted by Crippen LogP contribution is 2.18. The molecule has 0 saturated heterocycles. The van der Waals surface area contributed by atoms with Crippen molar-refractivity contribution < 1.29 is 18.4 Å². The quantitative estimate of drug-likeness (QED) is 0.653. The Bertz CT molecular complexity index is 633. The average Bonchev–Trinajstić information content (AvgIpc) is 3.02. The first-order valence-corrected chi connectivity index (χ1v) is 8.67. The highest BCUT2D eigenvalue weighted by Gasteiger charge is 2.18. The zero-order valence-electron chi connectivity index (χ0n) is 13.4. The Kier molecular flexibility index (Phi) is 6.89. The van der Waals surface area contributed by atoms with Gasteiger partial charge in [-0.1, -0.05) is 6.07 Å². The van der Waals surface area contributed by atoms with Crippen molar-refractivity contribution in [2.45, 2.75) is 12.7 Å². The summed E-state index contributed by atoms with van der Waals surface area (Å²) in [7, 11) is 4.20. The van der Waals surface area contributed by atoms with Crippen LogP contribution in [0.1, 0.15) is 10.9 Å². The number of anilines is 1. The van der Waals surface area contributed by atoms with E-state index in [2.05, 4.69) is 40.9 Å². The molecule has 1 aromatic heterocycles. The maximum Gasteiger partial charge on any atom is 0.387 e. The predicted octanol–water partition coefficient (Wildman–Crippen LogP) is 2.52. The molecular formula is C16H20F2N3OS2+. The molecule has 130 valence electrons. The highest BCUT2D eigenvalue weighted by molar-refractivity contribution is 7.80. The minimum atomic E-state index is -2.82. The number of thiocarbonyl (C=S) groups is 1. The van der Waals surface area contributed by atoms with Crippen LogP contribution in [0.5, 0.6) is 5.75 Å². The molecule has 1 aromatic carbocycles. The van der Waals surface area contributed by atoms with Crippen LogP contribution in [0.3, 0.4) is 0 Å². The van der Waals surface area contributed by atoms with Gasteiger partial charge in [0.15, 0.2) is 5.11 Å². The maximum absolute atomic E-state index is 12.1. The fourth-order valence-corrected chi connectivity index (χ4v) is 3.32. The molecule has 0 amide bonds. The normalized spacial score (nSPS) is 12.2. The zero-order chi connectivity index (χ0) is 17.5. The van der Waals surface area contributed by atoms with Crippen molar-refractivity contribution in [2.24, 2.45) is 0 Å². The van der Waals surface area contributed by atoms with Gasteiger partial charge in [-0.25, -0.2) is 0 Å². The van der Waals surface area contributed by atoms with Crippen molar-refractivity contribution in [3.05, 3.63) is 46.7 Å². The molecule has 0 aliphatic rings. The molecule has 1 heterocycles. The second-order valence-corrected chi connectivity index (χ2v) is 6.77. The van der Waals surface area contributed by atoms with Crippen LogP contribution in [-0.4, -0.2) is 32.4 Å². The molecule has 24 heavy (non-hydrogen) atoms. The molecule has 2 aromatic rings. The summed E-state index contributed by atoms with van der Waals surface area (Å²) < 4.78 is 28.5. The van der Waals surface area contributed by atoms with Crippen molar-refractivity contribution in [3.8, 4) is 5.75 Å².